The Hall–Kier alpha value is -0.0800. The van der Waals surface area contributed by atoms with Gasteiger partial charge in [-0.05, 0) is 64.6 Å². The zero-order valence-corrected chi connectivity index (χ0v) is 11.6. The zero-order valence-electron chi connectivity index (χ0n) is 11.6. The number of nitrogens with zero attached hydrogens (tertiary/aromatic N) is 1. The third-order valence-electron chi connectivity index (χ3n) is 3.52. The minimum atomic E-state index is 0.751. The van der Waals surface area contributed by atoms with Crippen LogP contribution in [-0.2, 0) is 0 Å². The van der Waals surface area contributed by atoms with E-state index in [9.17, 15) is 0 Å². The maximum absolute atomic E-state index is 3.51. The van der Waals surface area contributed by atoms with Gasteiger partial charge in [0, 0.05) is 12.6 Å². The van der Waals surface area contributed by atoms with Gasteiger partial charge in [-0.15, -0.1) is 0 Å². The first kappa shape index (κ1) is 14.0. The Bertz CT molecular complexity index is 176. The molecule has 1 atom stereocenters. The molecule has 0 heterocycles. The fraction of sp³-hybridized carbons (Fsp3) is 1.00. The van der Waals surface area contributed by atoms with Crippen molar-refractivity contribution in [2.45, 2.75) is 52.5 Å². The summed E-state index contributed by atoms with van der Waals surface area (Å²) >= 11 is 0. The molecule has 1 fully saturated rings. The summed E-state index contributed by atoms with van der Waals surface area (Å²) in [7, 11) is 2.28. The first-order valence-corrected chi connectivity index (χ1v) is 7.00. The minimum Gasteiger partial charge on any atom is -0.316 e. The second-order valence-corrected chi connectivity index (χ2v) is 5.97. The van der Waals surface area contributed by atoms with Gasteiger partial charge in [0.2, 0.25) is 0 Å². The second-order valence-electron chi connectivity index (χ2n) is 5.97. The van der Waals surface area contributed by atoms with E-state index in [-0.39, 0.29) is 0 Å². The molecule has 1 N–H and O–H groups in total. The number of nitrogens with one attached hydrogen (secondary N) is 1. The van der Waals surface area contributed by atoms with Crippen LogP contribution in [-0.4, -0.2) is 37.6 Å². The van der Waals surface area contributed by atoms with E-state index < -0.39 is 0 Å². The first-order valence-electron chi connectivity index (χ1n) is 7.00. The van der Waals surface area contributed by atoms with Gasteiger partial charge >= 0.3 is 0 Å². The molecule has 2 heteroatoms. The highest BCUT2D eigenvalue weighted by Gasteiger charge is 2.24. The lowest BCUT2D eigenvalue weighted by atomic mass is 10.1. The molecule has 1 saturated carbocycles. The van der Waals surface area contributed by atoms with E-state index in [1.54, 1.807) is 0 Å². The molecule has 0 aliphatic heterocycles. The Morgan fingerprint density at radius 2 is 1.94 bits per heavy atom. The first-order chi connectivity index (χ1) is 7.59. The molecule has 0 aromatic rings. The number of hydrogen-bond acceptors (Lipinski definition) is 2. The van der Waals surface area contributed by atoms with Crippen LogP contribution in [0.25, 0.3) is 0 Å². The van der Waals surface area contributed by atoms with Gasteiger partial charge in [-0.2, -0.15) is 0 Å². The van der Waals surface area contributed by atoms with Crippen molar-refractivity contribution in [3.8, 4) is 0 Å². The number of hydrogen-bond donors (Lipinski definition) is 1. The smallest absolute Gasteiger partial charge is 0.00644 e. The molecule has 0 amide bonds. The van der Waals surface area contributed by atoms with Crippen molar-refractivity contribution in [3.63, 3.8) is 0 Å². The van der Waals surface area contributed by atoms with Gasteiger partial charge < -0.3 is 10.2 Å². The Kier molecular flexibility index (Phi) is 6.37. The summed E-state index contributed by atoms with van der Waals surface area (Å²) in [6, 6.07) is 0.751. The zero-order chi connectivity index (χ0) is 12.0. The summed E-state index contributed by atoms with van der Waals surface area (Å²) in [5.74, 6) is 1.79. The molecule has 0 spiro atoms. The van der Waals surface area contributed by atoms with E-state index in [4.69, 9.17) is 0 Å². The van der Waals surface area contributed by atoms with Gasteiger partial charge in [-0.25, -0.2) is 0 Å². The fourth-order valence-corrected chi connectivity index (χ4v) is 2.02. The Morgan fingerprint density at radius 3 is 2.50 bits per heavy atom. The maximum Gasteiger partial charge on any atom is 0.00644 e. The van der Waals surface area contributed by atoms with Crippen LogP contribution < -0.4 is 5.32 Å². The fourth-order valence-electron chi connectivity index (χ4n) is 2.02. The quantitative estimate of drug-likeness (QED) is 0.608. The summed E-state index contributed by atoms with van der Waals surface area (Å²) in [5, 5.41) is 3.51. The van der Waals surface area contributed by atoms with Crippen molar-refractivity contribution in [2.24, 2.45) is 11.8 Å². The van der Waals surface area contributed by atoms with Crippen molar-refractivity contribution < 1.29 is 0 Å². The van der Waals surface area contributed by atoms with Gasteiger partial charge in [0.05, 0.1) is 0 Å². The Morgan fingerprint density at radius 1 is 1.25 bits per heavy atom. The summed E-state index contributed by atoms with van der Waals surface area (Å²) in [5.41, 5.74) is 0. The van der Waals surface area contributed by atoms with Crippen LogP contribution in [0.3, 0.4) is 0 Å². The van der Waals surface area contributed by atoms with E-state index in [0.29, 0.717) is 0 Å². The summed E-state index contributed by atoms with van der Waals surface area (Å²) < 4.78 is 0. The largest absolute Gasteiger partial charge is 0.316 e. The predicted octanol–water partition coefficient (Wildman–Crippen LogP) is 2.74. The monoisotopic (exact) mass is 226 g/mol. The van der Waals surface area contributed by atoms with E-state index in [0.717, 1.165) is 24.4 Å². The van der Waals surface area contributed by atoms with Crippen LogP contribution in [0.1, 0.15) is 46.5 Å². The normalized spacial score (nSPS) is 18.4. The highest BCUT2D eigenvalue weighted by Crippen LogP contribution is 2.30. The van der Waals surface area contributed by atoms with Crippen molar-refractivity contribution in [1.82, 2.24) is 10.2 Å². The second kappa shape index (κ2) is 7.29. The molecule has 1 unspecified atom stereocenters. The van der Waals surface area contributed by atoms with Crippen molar-refractivity contribution in [1.29, 1.82) is 0 Å². The standard InChI is InChI=1S/C14H30N2/c1-12(2)10-15-9-5-6-13(3)16(4)11-14-7-8-14/h12-15H,5-11H2,1-4H3. The highest BCUT2D eigenvalue weighted by molar-refractivity contribution is 4.78. The minimum absolute atomic E-state index is 0.751. The lowest BCUT2D eigenvalue weighted by Crippen LogP contribution is -2.32. The van der Waals surface area contributed by atoms with Crippen LogP contribution in [0.2, 0.25) is 0 Å². The average Bonchev–Trinajstić information content (AvgIpc) is 3.00. The SMILES string of the molecule is CC(C)CNCCCC(C)N(C)CC1CC1. The summed E-state index contributed by atoms with van der Waals surface area (Å²) in [6.45, 7) is 10.6. The van der Waals surface area contributed by atoms with Crippen molar-refractivity contribution in [2.75, 3.05) is 26.7 Å². The van der Waals surface area contributed by atoms with E-state index in [2.05, 4.69) is 38.0 Å². The molecule has 0 bridgehead atoms. The predicted molar refractivity (Wildman–Crippen MR) is 71.8 cm³/mol. The molecule has 0 aromatic heterocycles. The molecular formula is C14H30N2. The van der Waals surface area contributed by atoms with Gasteiger partial charge in [-0.3, -0.25) is 0 Å². The van der Waals surface area contributed by atoms with Gasteiger partial charge in [0.15, 0.2) is 0 Å². The van der Waals surface area contributed by atoms with E-state index >= 15 is 0 Å². The third kappa shape index (κ3) is 6.49. The maximum atomic E-state index is 3.51. The molecule has 1 aliphatic carbocycles. The van der Waals surface area contributed by atoms with Gasteiger partial charge in [-0.1, -0.05) is 13.8 Å². The summed E-state index contributed by atoms with van der Waals surface area (Å²) in [6.07, 6.45) is 5.57. The highest BCUT2D eigenvalue weighted by atomic mass is 15.1. The van der Waals surface area contributed by atoms with E-state index in [1.165, 1.54) is 38.8 Å². The van der Waals surface area contributed by atoms with Gasteiger partial charge in [0.1, 0.15) is 0 Å². The summed E-state index contributed by atoms with van der Waals surface area (Å²) in [4.78, 5) is 2.54. The van der Waals surface area contributed by atoms with Gasteiger partial charge in [0.25, 0.3) is 0 Å². The molecule has 1 aliphatic rings. The third-order valence-corrected chi connectivity index (χ3v) is 3.52. The van der Waals surface area contributed by atoms with Crippen molar-refractivity contribution in [3.05, 3.63) is 0 Å². The van der Waals surface area contributed by atoms with Crippen LogP contribution in [0.15, 0.2) is 0 Å². The van der Waals surface area contributed by atoms with Crippen LogP contribution in [0.4, 0.5) is 0 Å². The van der Waals surface area contributed by atoms with Crippen LogP contribution in [0.5, 0.6) is 0 Å². The molecule has 16 heavy (non-hydrogen) atoms. The van der Waals surface area contributed by atoms with E-state index in [1.807, 2.05) is 0 Å². The molecule has 96 valence electrons. The van der Waals surface area contributed by atoms with Crippen molar-refractivity contribution >= 4 is 0 Å². The molecule has 0 aromatic carbocycles. The molecule has 1 rings (SSSR count). The Balaban J connectivity index is 1.94. The topological polar surface area (TPSA) is 15.3 Å². The van der Waals surface area contributed by atoms with Crippen LogP contribution >= 0.6 is 0 Å². The molecular weight excluding hydrogens is 196 g/mol. The molecule has 2 nitrogen and oxygen atoms in total. The lowest BCUT2D eigenvalue weighted by Gasteiger charge is -2.24. The van der Waals surface area contributed by atoms with Crippen LogP contribution in [0, 0.1) is 11.8 Å². The molecule has 0 radical (unpaired) electrons. The number of rotatable bonds is 9. The Labute approximate surface area is 102 Å². The molecule has 0 saturated heterocycles. The average molecular weight is 226 g/mol. The lowest BCUT2D eigenvalue weighted by molar-refractivity contribution is 0.233.